The van der Waals surface area contributed by atoms with Gasteiger partial charge in [0, 0.05) is 37.2 Å². The Hall–Kier alpha value is -1.39. The number of carbonyl (C=O) groups is 1. The van der Waals surface area contributed by atoms with Crippen molar-refractivity contribution < 1.29 is 13.2 Å². The zero-order chi connectivity index (χ0) is 22.3. The number of nitrogens with zero attached hydrogens (tertiary/aromatic N) is 2. The van der Waals surface area contributed by atoms with E-state index in [0.717, 1.165) is 31.0 Å². The SMILES string of the molecule is CCN(CC)C(CNC(=O)c1sccc1S(=O)(=O)N1CCSCC1)Cc1ccccc1. The standard InChI is InChI=1S/C22H31N3O3S3/c1-3-24(4-2)19(16-18-8-6-5-7-9-18)17-23-22(26)21-20(10-13-30-21)31(27,28)25-11-14-29-15-12-25/h5-10,13,19H,3-4,11-12,14-17H2,1-2H3,(H,23,26). The maximum atomic E-state index is 13.1. The van der Waals surface area contributed by atoms with Gasteiger partial charge in [-0.05, 0) is 36.5 Å². The van der Waals surface area contributed by atoms with Gasteiger partial charge in [0.1, 0.15) is 9.77 Å². The zero-order valence-corrected chi connectivity index (χ0v) is 20.6. The normalized spacial score (nSPS) is 16.4. The molecular formula is C22H31N3O3S3. The molecule has 170 valence electrons. The van der Waals surface area contributed by atoms with Gasteiger partial charge in [-0.2, -0.15) is 16.1 Å². The molecule has 1 amide bonds. The molecule has 31 heavy (non-hydrogen) atoms. The van der Waals surface area contributed by atoms with E-state index in [1.807, 2.05) is 18.2 Å². The minimum absolute atomic E-state index is 0.129. The molecule has 3 rings (SSSR count). The highest BCUT2D eigenvalue weighted by Gasteiger charge is 2.31. The van der Waals surface area contributed by atoms with Crippen LogP contribution in [0.25, 0.3) is 0 Å². The number of rotatable bonds is 10. The number of hydrogen-bond acceptors (Lipinski definition) is 6. The van der Waals surface area contributed by atoms with Gasteiger partial charge in [-0.15, -0.1) is 11.3 Å². The second-order valence-electron chi connectivity index (χ2n) is 7.41. The van der Waals surface area contributed by atoms with Gasteiger partial charge >= 0.3 is 0 Å². The largest absolute Gasteiger partial charge is 0.350 e. The molecule has 1 aliphatic rings. The molecule has 1 unspecified atom stereocenters. The number of amides is 1. The summed E-state index contributed by atoms with van der Waals surface area (Å²) in [6.45, 7) is 7.45. The van der Waals surface area contributed by atoms with Crippen LogP contribution in [0.5, 0.6) is 0 Å². The van der Waals surface area contributed by atoms with Crippen molar-refractivity contribution in [3.05, 3.63) is 52.2 Å². The van der Waals surface area contributed by atoms with E-state index in [1.165, 1.54) is 21.2 Å². The highest BCUT2D eigenvalue weighted by atomic mass is 32.2. The third-order valence-electron chi connectivity index (χ3n) is 5.56. The van der Waals surface area contributed by atoms with Gasteiger partial charge in [0.2, 0.25) is 10.0 Å². The molecule has 0 radical (unpaired) electrons. The lowest BCUT2D eigenvalue weighted by Gasteiger charge is -2.30. The van der Waals surface area contributed by atoms with Crippen LogP contribution in [-0.2, 0) is 16.4 Å². The van der Waals surface area contributed by atoms with Crippen molar-refractivity contribution in [3.8, 4) is 0 Å². The van der Waals surface area contributed by atoms with Crippen LogP contribution in [0, 0.1) is 0 Å². The number of thioether (sulfide) groups is 1. The maximum Gasteiger partial charge on any atom is 0.262 e. The molecule has 1 fully saturated rings. The molecule has 0 aliphatic carbocycles. The Morgan fingerprint density at radius 2 is 1.81 bits per heavy atom. The Labute approximate surface area is 194 Å². The molecule has 0 bridgehead atoms. The second kappa shape index (κ2) is 11.5. The number of likely N-dealkylation sites (N-methyl/N-ethyl adjacent to an activating group) is 1. The summed E-state index contributed by atoms with van der Waals surface area (Å²) >= 11 is 2.94. The monoisotopic (exact) mass is 481 g/mol. The summed E-state index contributed by atoms with van der Waals surface area (Å²) in [5.41, 5.74) is 1.22. The van der Waals surface area contributed by atoms with Crippen LogP contribution in [0.1, 0.15) is 29.1 Å². The lowest BCUT2D eigenvalue weighted by Crippen LogP contribution is -2.45. The lowest BCUT2D eigenvalue weighted by atomic mass is 10.0. The number of benzene rings is 1. The summed E-state index contributed by atoms with van der Waals surface area (Å²) < 4.78 is 27.7. The van der Waals surface area contributed by atoms with E-state index in [-0.39, 0.29) is 21.7 Å². The Morgan fingerprint density at radius 1 is 1.13 bits per heavy atom. The van der Waals surface area contributed by atoms with E-state index in [9.17, 15) is 13.2 Å². The van der Waals surface area contributed by atoms with Gasteiger partial charge in [-0.3, -0.25) is 9.69 Å². The quantitative estimate of drug-likeness (QED) is 0.565. The van der Waals surface area contributed by atoms with Gasteiger partial charge in [-0.1, -0.05) is 44.2 Å². The van der Waals surface area contributed by atoms with Crippen LogP contribution >= 0.6 is 23.1 Å². The summed E-state index contributed by atoms with van der Waals surface area (Å²) in [4.78, 5) is 15.7. The van der Waals surface area contributed by atoms with Gasteiger partial charge in [0.25, 0.3) is 5.91 Å². The molecule has 0 spiro atoms. The zero-order valence-electron chi connectivity index (χ0n) is 18.1. The van der Waals surface area contributed by atoms with Crippen molar-refractivity contribution in [2.24, 2.45) is 0 Å². The fourth-order valence-corrected chi connectivity index (χ4v) is 7.73. The number of carbonyl (C=O) groups excluding carboxylic acids is 1. The second-order valence-corrected chi connectivity index (χ2v) is 11.5. The predicted molar refractivity (Wildman–Crippen MR) is 130 cm³/mol. The van der Waals surface area contributed by atoms with Crippen LogP contribution < -0.4 is 5.32 Å². The van der Waals surface area contributed by atoms with Gasteiger partial charge in [0.15, 0.2) is 0 Å². The van der Waals surface area contributed by atoms with Crippen molar-refractivity contribution in [3.63, 3.8) is 0 Å². The summed E-state index contributed by atoms with van der Waals surface area (Å²) in [6, 6.07) is 11.9. The molecule has 1 atom stereocenters. The minimum atomic E-state index is -3.65. The average molecular weight is 482 g/mol. The van der Waals surface area contributed by atoms with E-state index in [0.29, 0.717) is 19.6 Å². The average Bonchev–Trinajstić information content (AvgIpc) is 3.30. The molecule has 1 aromatic carbocycles. The van der Waals surface area contributed by atoms with Crippen molar-refractivity contribution >= 4 is 39.0 Å². The summed E-state index contributed by atoms with van der Waals surface area (Å²) in [7, 11) is -3.65. The lowest BCUT2D eigenvalue weighted by molar-refractivity contribution is 0.0935. The van der Waals surface area contributed by atoms with Gasteiger partial charge in [-0.25, -0.2) is 8.42 Å². The van der Waals surface area contributed by atoms with Crippen molar-refractivity contribution in [2.75, 3.05) is 44.2 Å². The number of nitrogens with one attached hydrogen (secondary N) is 1. The first-order valence-electron chi connectivity index (χ1n) is 10.7. The topological polar surface area (TPSA) is 69.7 Å². The summed E-state index contributed by atoms with van der Waals surface area (Å²) in [6.07, 6.45) is 0.823. The Balaban J connectivity index is 1.72. The number of sulfonamides is 1. The first-order chi connectivity index (χ1) is 15.0. The molecule has 1 N–H and O–H groups in total. The van der Waals surface area contributed by atoms with Crippen molar-refractivity contribution in [2.45, 2.75) is 31.2 Å². The third-order valence-corrected chi connectivity index (χ3v) is 9.49. The van der Waals surface area contributed by atoms with Crippen LogP contribution in [0.15, 0.2) is 46.7 Å². The summed E-state index contributed by atoms with van der Waals surface area (Å²) in [5, 5.41) is 4.70. The molecule has 2 heterocycles. The van der Waals surface area contributed by atoms with E-state index in [1.54, 1.807) is 23.2 Å². The Kier molecular flexibility index (Phi) is 8.97. The van der Waals surface area contributed by atoms with Gasteiger partial charge < -0.3 is 5.32 Å². The molecule has 6 nitrogen and oxygen atoms in total. The summed E-state index contributed by atoms with van der Waals surface area (Å²) in [5.74, 6) is 1.26. The smallest absolute Gasteiger partial charge is 0.262 e. The van der Waals surface area contributed by atoms with E-state index in [2.05, 4.69) is 36.2 Å². The third kappa shape index (κ3) is 6.10. The Morgan fingerprint density at radius 3 is 2.45 bits per heavy atom. The van der Waals surface area contributed by atoms with Gasteiger partial charge in [0.05, 0.1) is 0 Å². The first kappa shape index (κ1) is 24.3. The highest BCUT2D eigenvalue weighted by molar-refractivity contribution is 7.99. The first-order valence-corrected chi connectivity index (χ1v) is 14.2. The molecule has 1 aromatic heterocycles. The maximum absolute atomic E-state index is 13.1. The molecule has 2 aromatic rings. The van der Waals surface area contributed by atoms with Crippen LogP contribution in [0.3, 0.4) is 0 Å². The Bertz CT molecular complexity index is 937. The molecular weight excluding hydrogens is 450 g/mol. The predicted octanol–water partition coefficient (Wildman–Crippen LogP) is 3.17. The molecule has 1 saturated heterocycles. The van der Waals surface area contributed by atoms with Crippen LogP contribution in [-0.4, -0.2) is 73.8 Å². The van der Waals surface area contributed by atoms with Crippen LogP contribution in [0.4, 0.5) is 0 Å². The van der Waals surface area contributed by atoms with E-state index >= 15 is 0 Å². The highest BCUT2D eigenvalue weighted by Crippen LogP contribution is 2.27. The molecule has 1 aliphatic heterocycles. The molecule has 9 heteroatoms. The molecule has 0 saturated carbocycles. The minimum Gasteiger partial charge on any atom is -0.350 e. The number of hydrogen-bond donors (Lipinski definition) is 1. The van der Waals surface area contributed by atoms with E-state index in [4.69, 9.17) is 0 Å². The fourth-order valence-electron chi connectivity index (χ4n) is 3.84. The van der Waals surface area contributed by atoms with Crippen molar-refractivity contribution in [1.82, 2.24) is 14.5 Å². The van der Waals surface area contributed by atoms with Crippen molar-refractivity contribution in [1.29, 1.82) is 0 Å². The van der Waals surface area contributed by atoms with E-state index < -0.39 is 10.0 Å². The fraction of sp³-hybridized carbons (Fsp3) is 0.500. The number of thiophene rings is 1. The van der Waals surface area contributed by atoms with Crippen LogP contribution in [0.2, 0.25) is 0 Å².